The first-order chi connectivity index (χ1) is 22.7. The van der Waals surface area contributed by atoms with Gasteiger partial charge in [-0.15, -0.1) is 0 Å². The Bertz CT molecular complexity index is 1830. The second-order valence-electron chi connectivity index (χ2n) is 11.4. The summed E-state index contributed by atoms with van der Waals surface area (Å²) in [5.74, 6) is 4.75. The Labute approximate surface area is 268 Å². The molecule has 0 radical (unpaired) electrons. The molecule has 3 heterocycles. The van der Waals surface area contributed by atoms with Crippen LogP contribution < -0.4 is 39.9 Å². The molecule has 1 aliphatic carbocycles. The van der Waals surface area contributed by atoms with E-state index >= 15 is 0 Å². The third kappa shape index (κ3) is 4.83. The maximum Gasteiger partial charge on any atom is 0.632 e. The van der Waals surface area contributed by atoms with Crippen molar-refractivity contribution in [1.82, 2.24) is 0 Å². The molecule has 4 aliphatic rings. The second-order valence-corrected chi connectivity index (χ2v) is 11.4. The van der Waals surface area contributed by atoms with Gasteiger partial charge in [-0.1, -0.05) is 66.7 Å². The molecule has 5 aromatic rings. The van der Waals surface area contributed by atoms with Crippen molar-refractivity contribution >= 4 is 54.8 Å². The van der Waals surface area contributed by atoms with Crippen LogP contribution in [-0.4, -0.2) is 21.4 Å². The summed E-state index contributed by atoms with van der Waals surface area (Å²) in [5, 5.41) is 0. The number of anilines is 3. The topological polar surface area (TPSA) is 58.6 Å². The minimum absolute atomic E-state index is 0.445. The first-order valence-electron chi connectivity index (χ1n) is 15.4. The van der Waals surface area contributed by atoms with E-state index in [0.29, 0.717) is 0 Å². The highest BCUT2D eigenvalue weighted by Crippen LogP contribution is 2.37. The minimum atomic E-state index is -0.491. The molecule has 9 rings (SSSR count). The number of allylic oxidation sites excluding steroid dienone is 3. The van der Waals surface area contributed by atoms with Gasteiger partial charge in [0.25, 0.3) is 0 Å². The predicted molar refractivity (Wildman–Crippen MR) is 180 cm³/mol. The largest absolute Gasteiger partial charge is 0.632 e. The van der Waals surface area contributed by atoms with Crippen molar-refractivity contribution < 1.29 is 27.9 Å². The number of hydrogen-bond acceptors (Lipinski definition) is 7. The molecule has 5 aromatic carbocycles. The van der Waals surface area contributed by atoms with E-state index in [-0.39, 0.29) is 0 Å². The molecule has 0 saturated heterocycles. The fourth-order valence-corrected chi connectivity index (χ4v) is 6.11. The standard InChI is InChI=1S/C36H26B3NO6/c1-2-8-32-31(7-1)41-37(42-32)25-13-19-28(20-14-25)40(29-21-15-26(16-22-29)38-43-33-9-3-4-10-34(33)44-38)30-23-17-27(18-24-30)39-45-35-11-5-6-12-36(35)46-39/h1-5,7-11,13-24H,6,12H2. The van der Waals surface area contributed by atoms with Crippen LogP contribution in [0.5, 0.6) is 23.0 Å². The highest BCUT2D eigenvalue weighted by atomic mass is 16.6. The summed E-state index contributed by atoms with van der Waals surface area (Å²) in [6.07, 6.45) is 5.96. The maximum atomic E-state index is 6.14. The van der Waals surface area contributed by atoms with Gasteiger partial charge in [0.1, 0.15) is 34.5 Å². The molecule has 0 atom stereocenters. The van der Waals surface area contributed by atoms with E-state index in [0.717, 1.165) is 80.8 Å². The zero-order valence-corrected chi connectivity index (χ0v) is 24.7. The molecule has 220 valence electrons. The lowest BCUT2D eigenvalue weighted by Gasteiger charge is -2.26. The first-order valence-corrected chi connectivity index (χ1v) is 15.4. The third-order valence-electron chi connectivity index (χ3n) is 8.47. The number of hydrogen-bond donors (Lipinski definition) is 0. The van der Waals surface area contributed by atoms with E-state index in [4.69, 9.17) is 27.9 Å². The summed E-state index contributed by atoms with van der Waals surface area (Å²) in [4.78, 5) is 2.20. The van der Waals surface area contributed by atoms with Gasteiger partial charge >= 0.3 is 21.4 Å². The van der Waals surface area contributed by atoms with Crippen LogP contribution in [0.2, 0.25) is 0 Å². The average molecular weight is 601 g/mol. The Morgan fingerprint density at radius 3 is 1.22 bits per heavy atom. The molecule has 0 amide bonds. The van der Waals surface area contributed by atoms with E-state index in [1.807, 2.05) is 78.9 Å². The van der Waals surface area contributed by atoms with Gasteiger partial charge in [0, 0.05) is 39.9 Å². The van der Waals surface area contributed by atoms with Crippen LogP contribution in [0.4, 0.5) is 17.1 Å². The quantitative estimate of drug-likeness (QED) is 0.229. The van der Waals surface area contributed by atoms with Crippen molar-refractivity contribution in [2.75, 3.05) is 4.90 Å². The van der Waals surface area contributed by atoms with Gasteiger partial charge in [-0.25, -0.2) is 0 Å². The van der Waals surface area contributed by atoms with Crippen LogP contribution in [0.25, 0.3) is 0 Å². The highest BCUT2D eigenvalue weighted by molar-refractivity contribution is 6.64. The van der Waals surface area contributed by atoms with Gasteiger partial charge in [0.05, 0.1) is 0 Å². The number of fused-ring (bicyclic) bond motifs is 2. The van der Waals surface area contributed by atoms with Crippen molar-refractivity contribution in [3.63, 3.8) is 0 Å². The van der Waals surface area contributed by atoms with Crippen molar-refractivity contribution in [2.45, 2.75) is 12.8 Å². The lowest BCUT2D eigenvalue weighted by Crippen LogP contribution is -2.39. The molecular weight excluding hydrogens is 575 g/mol. The van der Waals surface area contributed by atoms with Crippen molar-refractivity contribution in [3.05, 3.63) is 145 Å². The van der Waals surface area contributed by atoms with Crippen LogP contribution in [0, 0.1) is 0 Å². The fourth-order valence-electron chi connectivity index (χ4n) is 6.11. The fraction of sp³-hybridized carbons (Fsp3) is 0.0556. The minimum Gasteiger partial charge on any atom is -0.522 e. The maximum absolute atomic E-state index is 6.14. The van der Waals surface area contributed by atoms with Crippen LogP contribution in [-0.2, 0) is 9.31 Å². The molecule has 3 aliphatic heterocycles. The number of para-hydroxylation sites is 4. The summed E-state index contributed by atoms with van der Waals surface area (Å²) < 4.78 is 36.5. The Kier molecular flexibility index (Phi) is 6.44. The van der Waals surface area contributed by atoms with Crippen LogP contribution in [0.15, 0.2) is 145 Å². The zero-order chi connectivity index (χ0) is 30.5. The van der Waals surface area contributed by atoms with Crippen LogP contribution in [0.3, 0.4) is 0 Å². The molecule has 0 N–H and O–H groups in total. The van der Waals surface area contributed by atoms with Gasteiger partial charge < -0.3 is 32.8 Å². The third-order valence-corrected chi connectivity index (χ3v) is 8.47. The summed E-state index contributed by atoms with van der Waals surface area (Å²) in [5.41, 5.74) is 5.78. The van der Waals surface area contributed by atoms with Gasteiger partial charge in [0.2, 0.25) is 0 Å². The number of benzene rings is 5. The monoisotopic (exact) mass is 601 g/mol. The van der Waals surface area contributed by atoms with E-state index in [1.165, 1.54) is 0 Å². The highest BCUT2D eigenvalue weighted by Gasteiger charge is 2.37. The van der Waals surface area contributed by atoms with Crippen molar-refractivity contribution in [3.8, 4) is 23.0 Å². The number of rotatable bonds is 6. The van der Waals surface area contributed by atoms with Gasteiger partial charge in [0.15, 0.2) is 0 Å². The Morgan fingerprint density at radius 2 is 0.826 bits per heavy atom. The lowest BCUT2D eigenvalue weighted by atomic mass is 9.78. The van der Waals surface area contributed by atoms with Crippen LogP contribution >= 0.6 is 0 Å². The Hall–Kier alpha value is -5.63. The molecule has 0 unspecified atom stereocenters. The van der Waals surface area contributed by atoms with E-state index in [9.17, 15) is 0 Å². The van der Waals surface area contributed by atoms with E-state index in [1.54, 1.807) is 0 Å². The molecule has 0 fully saturated rings. The van der Waals surface area contributed by atoms with Crippen molar-refractivity contribution in [1.29, 1.82) is 0 Å². The predicted octanol–water partition coefficient (Wildman–Crippen LogP) is 5.79. The van der Waals surface area contributed by atoms with Crippen molar-refractivity contribution in [2.24, 2.45) is 0 Å². The van der Waals surface area contributed by atoms with Crippen LogP contribution in [0.1, 0.15) is 12.8 Å². The smallest absolute Gasteiger partial charge is 0.522 e. The zero-order valence-electron chi connectivity index (χ0n) is 24.7. The van der Waals surface area contributed by atoms with E-state index < -0.39 is 21.4 Å². The Balaban J connectivity index is 1.00. The Morgan fingerprint density at radius 1 is 0.435 bits per heavy atom. The molecule has 0 spiro atoms. The summed E-state index contributed by atoms with van der Waals surface area (Å²) in [6.45, 7) is 0. The average Bonchev–Trinajstić information content (AvgIpc) is 3.86. The first kappa shape index (κ1) is 26.7. The molecule has 0 aromatic heterocycles. The molecule has 46 heavy (non-hydrogen) atoms. The van der Waals surface area contributed by atoms with Gasteiger partial charge in [-0.05, 0) is 73.2 Å². The summed E-state index contributed by atoms with van der Waals surface area (Å²) in [7, 11) is -1.43. The van der Waals surface area contributed by atoms with Gasteiger partial charge in [-0.3, -0.25) is 0 Å². The normalized spacial score (nSPS) is 15.5. The molecular formula is C36H26B3NO6. The van der Waals surface area contributed by atoms with Gasteiger partial charge in [-0.2, -0.15) is 0 Å². The summed E-state index contributed by atoms with van der Waals surface area (Å²) >= 11 is 0. The SMILES string of the molecule is C1=CC2=C(CC1)OB(c1ccc(N(c3ccc(B4Oc5ccccc5O4)cc3)c3ccc(B4Oc5ccccc5O4)cc3)cc1)O2. The molecule has 7 nitrogen and oxygen atoms in total. The second kappa shape index (κ2) is 11.1. The lowest BCUT2D eigenvalue weighted by molar-refractivity contribution is 0.388. The molecule has 10 heteroatoms. The van der Waals surface area contributed by atoms with E-state index in [2.05, 4.69) is 59.5 Å². The molecule has 0 saturated carbocycles. The molecule has 0 bridgehead atoms. The number of nitrogens with zero attached hydrogens (tertiary/aromatic N) is 1. The summed E-state index contributed by atoms with van der Waals surface area (Å²) in [6, 6.07) is 40.3.